The smallest absolute Gasteiger partial charge is 0.407 e. The molecule has 0 aliphatic carbocycles. The molecule has 0 atom stereocenters. The Kier molecular flexibility index (Phi) is 7.48. The number of carbonyl (C=O) groups is 1. The minimum absolute atomic E-state index is 0.00891. The number of H-pyrrole nitrogens is 1. The van der Waals surface area contributed by atoms with Crippen LogP contribution in [-0.4, -0.2) is 22.1 Å². The number of hydrogen-bond donors (Lipinski definition) is 1. The molecule has 0 spiro atoms. The molecule has 2 heterocycles. The molecule has 5 aromatic rings. The fourth-order valence-corrected chi connectivity index (χ4v) is 5.01. The van der Waals surface area contributed by atoms with Crippen molar-refractivity contribution in [3.8, 4) is 22.4 Å². The van der Waals surface area contributed by atoms with Gasteiger partial charge in [0, 0.05) is 16.6 Å². The largest absolute Gasteiger partial charge is 0.461 e. The highest BCUT2D eigenvalue weighted by Crippen LogP contribution is 2.38. The van der Waals surface area contributed by atoms with E-state index >= 15 is 0 Å². The first-order chi connectivity index (χ1) is 20.0. The summed E-state index contributed by atoms with van der Waals surface area (Å²) in [5, 5.41) is 0.827. The number of aromatic nitrogens is 2. The van der Waals surface area contributed by atoms with Crippen molar-refractivity contribution in [1.82, 2.24) is 9.55 Å². The zero-order valence-electron chi connectivity index (χ0n) is 23.1. The molecule has 6 nitrogen and oxygen atoms in total. The Morgan fingerprint density at radius 1 is 0.952 bits per heavy atom. The molecule has 0 unspecified atom stereocenters. The predicted molar refractivity (Wildman–Crippen MR) is 156 cm³/mol. The number of alkyl halides is 3. The highest BCUT2D eigenvalue weighted by molar-refractivity contribution is 5.96. The molecule has 1 N–H and O–H groups in total. The van der Waals surface area contributed by atoms with Crippen LogP contribution < -0.4 is 5.56 Å². The van der Waals surface area contributed by atoms with Crippen molar-refractivity contribution in [2.24, 2.45) is 0 Å². The first kappa shape index (κ1) is 28.4. The molecule has 0 saturated carbocycles. The molecule has 0 radical (unpaired) electrons. The Labute approximate surface area is 239 Å². The average Bonchev–Trinajstić information content (AvgIpc) is 3.38. The molecule has 0 aliphatic heterocycles. The maximum absolute atomic E-state index is 14.0. The lowest BCUT2D eigenvalue weighted by Gasteiger charge is -2.19. The molecule has 0 bridgehead atoms. The number of hydrogen-bond acceptors (Lipinski definition) is 3. The second-order valence-corrected chi connectivity index (χ2v) is 10.0. The van der Waals surface area contributed by atoms with Gasteiger partial charge in [-0.25, -0.2) is 9.64 Å². The van der Waals surface area contributed by atoms with Gasteiger partial charge in [0.05, 0.1) is 25.3 Å². The zero-order valence-corrected chi connectivity index (χ0v) is 23.1. The summed E-state index contributed by atoms with van der Waals surface area (Å²) in [6, 6.07) is 20.7. The summed E-state index contributed by atoms with van der Waals surface area (Å²) < 4.78 is 48.2. The van der Waals surface area contributed by atoms with Crippen LogP contribution in [0.25, 0.3) is 38.1 Å². The van der Waals surface area contributed by atoms with Gasteiger partial charge < -0.3 is 14.3 Å². The normalized spacial score (nSPS) is 11.5. The van der Waals surface area contributed by atoms with Gasteiger partial charge in [0.1, 0.15) is 5.69 Å². The van der Waals surface area contributed by atoms with Crippen molar-refractivity contribution >= 4 is 22.6 Å². The summed E-state index contributed by atoms with van der Waals surface area (Å²) in [4.78, 5) is 31.5. The van der Waals surface area contributed by atoms with Crippen molar-refractivity contribution in [2.45, 2.75) is 33.5 Å². The van der Waals surface area contributed by atoms with Crippen molar-refractivity contribution in [3.63, 3.8) is 0 Å². The van der Waals surface area contributed by atoms with Gasteiger partial charge in [-0.15, -0.1) is 0 Å². The lowest BCUT2D eigenvalue weighted by Crippen LogP contribution is -2.25. The minimum Gasteiger partial charge on any atom is -0.461 e. The summed E-state index contributed by atoms with van der Waals surface area (Å²) in [5.41, 5.74) is 2.59. The second-order valence-electron chi connectivity index (χ2n) is 10.0. The molecule has 0 fully saturated rings. The van der Waals surface area contributed by atoms with E-state index in [1.165, 1.54) is 4.57 Å². The Bertz CT molecular complexity index is 1930. The van der Waals surface area contributed by atoms with Gasteiger partial charge in [-0.3, -0.25) is 4.79 Å². The van der Waals surface area contributed by atoms with Crippen molar-refractivity contribution in [2.75, 3.05) is 6.61 Å². The number of nitrogens with one attached hydrogen (secondary N) is 1. The van der Waals surface area contributed by atoms with E-state index in [0.29, 0.717) is 11.3 Å². The molecular formula is C33H26F3N3O3. The van der Waals surface area contributed by atoms with E-state index in [-0.39, 0.29) is 18.8 Å². The average molecular weight is 570 g/mol. The van der Waals surface area contributed by atoms with Crippen LogP contribution >= 0.6 is 0 Å². The lowest BCUT2D eigenvalue weighted by atomic mass is 10.00. The predicted octanol–water partition coefficient (Wildman–Crippen LogP) is 8.08. The van der Waals surface area contributed by atoms with Crippen LogP contribution in [-0.2, 0) is 17.5 Å². The minimum atomic E-state index is -4.87. The van der Waals surface area contributed by atoms with Gasteiger partial charge in [0.25, 0.3) is 11.2 Å². The summed E-state index contributed by atoms with van der Waals surface area (Å²) in [5.74, 6) is -0.450. The summed E-state index contributed by atoms with van der Waals surface area (Å²) >= 11 is 0. The molecule has 0 aliphatic rings. The van der Waals surface area contributed by atoms with Crippen molar-refractivity contribution < 1.29 is 22.7 Å². The fourth-order valence-electron chi connectivity index (χ4n) is 5.01. The number of pyridine rings is 1. The van der Waals surface area contributed by atoms with E-state index in [9.17, 15) is 22.8 Å². The van der Waals surface area contributed by atoms with Gasteiger partial charge >= 0.3 is 12.1 Å². The summed E-state index contributed by atoms with van der Waals surface area (Å²) in [6.07, 6.45) is -4.87. The van der Waals surface area contributed by atoms with Crippen LogP contribution in [0.1, 0.15) is 39.7 Å². The molecule has 0 amide bonds. The monoisotopic (exact) mass is 569 g/mol. The lowest BCUT2D eigenvalue weighted by molar-refractivity contribution is -0.136. The molecule has 212 valence electrons. The maximum atomic E-state index is 14.0. The van der Waals surface area contributed by atoms with Gasteiger partial charge in [0.15, 0.2) is 0 Å². The Morgan fingerprint density at radius 3 is 2.29 bits per heavy atom. The number of nitrogens with zero attached hydrogens (tertiary/aromatic N) is 2. The molecule has 3 aromatic carbocycles. The standard InChI is InChI=1S/C33H26F3N3O3/c1-5-42-32(41)28-16-24-13-12-23(15-27(24)38-28)21-8-10-22(11-9-21)29-17-26(33(34,35)36)30(37-4)31(40)39(29)18-25-7-6-19(2)14-20(25)3/h6-17,38H,5,18H2,1-3H3. The zero-order chi connectivity index (χ0) is 30.2. The van der Waals surface area contributed by atoms with E-state index in [4.69, 9.17) is 11.3 Å². The molecular weight excluding hydrogens is 543 g/mol. The fraction of sp³-hybridized carbons (Fsp3) is 0.182. The molecule has 9 heteroatoms. The molecule has 5 rings (SSSR count). The van der Waals surface area contributed by atoms with Crippen molar-refractivity contribution in [3.05, 3.63) is 123 Å². The van der Waals surface area contributed by atoms with Crippen LogP contribution in [0.3, 0.4) is 0 Å². The first-order valence-electron chi connectivity index (χ1n) is 13.2. The summed E-state index contributed by atoms with van der Waals surface area (Å²) in [7, 11) is 0. The Hall–Kier alpha value is -5.10. The molecule has 2 aromatic heterocycles. The number of carbonyl (C=O) groups excluding carboxylic acids is 1. The van der Waals surface area contributed by atoms with E-state index in [0.717, 1.165) is 44.8 Å². The number of aromatic amines is 1. The van der Waals surface area contributed by atoms with E-state index in [1.54, 1.807) is 37.3 Å². The topological polar surface area (TPSA) is 68.5 Å². The maximum Gasteiger partial charge on any atom is 0.407 e. The number of rotatable bonds is 6. The van der Waals surface area contributed by atoms with Crippen LogP contribution in [0.5, 0.6) is 0 Å². The van der Waals surface area contributed by atoms with Gasteiger partial charge in [-0.05, 0) is 66.8 Å². The number of esters is 1. The van der Waals surface area contributed by atoms with Crippen LogP contribution in [0.2, 0.25) is 0 Å². The molecule has 0 saturated heterocycles. The van der Waals surface area contributed by atoms with Crippen molar-refractivity contribution in [1.29, 1.82) is 0 Å². The van der Waals surface area contributed by atoms with Crippen LogP contribution in [0.4, 0.5) is 18.9 Å². The first-order valence-corrected chi connectivity index (χ1v) is 13.2. The highest BCUT2D eigenvalue weighted by atomic mass is 19.4. The van der Waals surface area contributed by atoms with Gasteiger partial charge in [-0.1, -0.05) is 60.2 Å². The van der Waals surface area contributed by atoms with Crippen LogP contribution in [0, 0.1) is 20.4 Å². The second kappa shape index (κ2) is 11.1. The number of benzene rings is 3. The number of fused-ring (bicyclic) bond motifs is 1. The van der Waals surface area contributed by atoms with Gasteiger partial charge in [-0.2, -0.15) is 13.2 Å². The van der Waals surface area contributed by atoms with E-state index < -0.39 is 29.0 Å². The van der Waals surface area contributed by atoms with Crippen LogP contribution in [0.15, 0.2) is 77.6 Å². The number of ether oxygens (including phenoxy) is 1. The third-order valence-electron chi connectivity index (χ3n) is 7.15. The third-order valence-corrected chi connectivity index (χ3v) is 7.15. The van der Waals surface area contributed by atoms with Gasteiger partial charge in [0.2, 0.25) is 0 Å². The molecule has 42 heavy (non-hydrogen) atoms. The quantitative estimate of drug-likeness (QED) is 0.166. The Morgan fingerprint density at radius 2 is 1.64 bits per heavy atom. The van der Waals surface area contributed by atoms with E-state index in [1.807, 2.05) is 50.2 Å². The number of aryl methyl sites for hydroxylation is 2. The van der Waals surface area contributed by atoms with E-state index in [2.05, 4.69) is 9.83 Å². The highest BCUT2D eigenvalue weighted by Gasteiger charge is 2.36. The summed E-state index contributed by atoms with van der Waals surface area (Å²) in [6.45, 7) is 13.1. The third kappa shape index (κ3) is 5.44. The Balaban J connectivity index is 1.59. The SMILES string of the molecule is [C-]#[N+]c1c(C(F)(F)F)cc(-c2ccc(-c3ccc4cc(C(=O)OCC)[nH]c4c3)cc2)n(Cc2ccc(C)cc2C)c1=O. The number of halogens is 3.